The molecule has 134 valence electrons. The second kappa shape index (κ2) is 7.38. The predicted molar refractivity (Wildman–Crippen MR) is 110 cm³/mol. The molecule has 4 nitrogen and oxygen atoms in total. The smallest absolute Gasteiger partial charge is 0.131 e. The highest BCUT2D eigenvalue weighted by Gasteiger charge is 2.10. The van der Waals surface area contributed by atoms with Crippen LogP contribution in [-0.4, -0.2) is 19.2 Å². The first kappa shape index (κ1) is 16.9. The maximum atomic E-state index is 5.41. The summed E-state index contributed by atoms with van der Waals surface area (Å²) in [6, 6.07) is 26.1. The van der Waals surface area contributed by atoms with Gasteiger partial charge in [-0.25, -0.2) is 4.98 Å². The molecule has 0 atom stereocenters. The van der Waals surface area contributed by atoms with Crippen molar-refractivity contribution in [3.63, 3.8) is 0 Å². The highest BCUT2D eigenvalue weighted by molar-refractivity contribution is 5.97. The predicted octanol–water partition coefficient (Wildman–Crippen LogP) is 5.66. The van der Waals surface area contributed by atoms with Crippen LogP contribution >= 0.6 is 0 Å². The lowest BCUT2D eigenvalue weighted by molar-refractivity contribution is 0.415. The zero-order valence-electron chi connectivity index (χ0n) is 15.3. The number of nitrogens with one attached hydrogen (secondary N) is 1. The third-order valence-corrected chi connectivity index (χ3v) is 4.46. The molecule has 4 rings (SSSR count). The Balaban J connectivity index is 1.86. The average molecular weight is 356 g/mol. The van der Waals surface area contributed by atoms with E-state index in [1.165, 1.54) is 0 Å². The van der Waals surface area contributed by atoms with E-state index in [9.17, 15) is 0 Å². The van der Waals surface area contributed by atoms with E-state index >= 15 is 0 Å². The lowest BCUT2D eigenvalue weighted by Crippen LogP contribution is -1.96. The van der Waals surface area contributed by atoms with Crippen LogP contribution in [0.2, 0.25) is 0 Å². The molecule has 0 spiro atoms. The number of ether oxygens (including phenoxy) is 2. The zero-order chi connectivity index (χ0) is 18.6. The third kappa shape index (κ3) is 3.55. The molecule has 4 aromatic rings. The first-order valence-electron chi connectivity index (χ1n) is 8.72. The number of para-hydroxylation sites is 1. The monoisotopic (exact) mass is 356 g/mol. The number of anilines is 2. The second-order valence-corrected chi connectivity index (χ2v) is 6.16. The molecule has 0 saturated heterocycles. The number of fused-ring (bicyclic) bond motifs is 1. The molecule has 0 aliphatic rings. The SMILES string of the molecule is COc1ccc(-c2cc(Nc3ccccc3)nc3ccc(OC)cc23)cc1. The van der Waals surface area contributed by atoms with Crippen molar-refractivity contribution in [2.75, 3.05) is 19.5 Å². The van der Waals surface area contributed by atoms with E-state index in [0.29, 0.717) is 0 Å². The quantitative estimate of drug-likeness (QED) is 0.501. The van der Waals surface area contributed by atoms with Crippen LogP contribution < -0.4 is 14.8 Å². The summed E-state index contributed by atoms with van der Waals surface area (Å²) in [5, 5.41) is 4.43. The lowest BCUT2D eigenvalue weighted by atomic mass is 10.0. The van der Waals surface area contributed by atoms with Crippen LogP contribution in [0.3, 0.4) is 0 Å². The minimum Gasteiger partial charge on any atom is -0.497 e. The van der Waals surface area contributed by atoms with Crippen LogP contribution in [0, 0.1) is 0 Å². The number of hydrogen-bond donors (Lipinski definition) is 1. The fraction of sp³-hybridized carbons (Fsp3) is 0.0870. The van der Waals surface area contributed by atoms with Gasteiger partial charge in [0.1, 0.15) is 17.3 Å². The van der Waals surface area contributed by atoms with Crippen LogP contribution in [0.1, 0.15) is 0 Å². The fourth-order valence-electron chi connectivity index (χ4n) is 3.07. The van der Waals surface area contributed by atoms with Gasteiger partial charge in [-0.3, -0.25) is 0 Å². The molecular formula is C23H20N2O2. The van der Waals surface area contributed by atoms with Crippen molar-refractivity contribution in [1.29, 1.82) is 0 Å². The molecule has 0 aliphatic carbocycles. The number of methoxy groups -OCH3 is 2. The highest BCUT2D eigenvalue weighted by atomic mass is 16.5. The summed E-state index contributed by atoms with van der Waals surface area (Å²) in [7, 11) is 3.34. The summed E-state index contributed by atoms with van der Waals surface area (Å²) < 4.78 is 10.7. The lowest BCUT2D eigenvalue weighted by Gasteiger charge is -2.13. The molecule has 0 radical (unpaired) electrons. The van der Waals surface area contributed by atoms with Crippen LogP contribution in [0.5, 0.6) is 11.5 Å². The number of nitrogens with zero attached hydrogens (tertiary/aromatic N) is 1. The molecule has 0 aliphatic heterocycles. The van der Waals surface area contributed by atoms with Gasteiger partial charge >= 0.3 is 0 Å². The Morgan fingerprint density at radius 1 is 0.741 bits per heavy atom. The summed E-state index contributed by atoms with van der Waals surface area (Å²) in [6.45, 7) is 0. The van der Waals surface area contributed by atoms with Crippen molar-refractivity contribution in [1.82, 2.24) is 4.98 Å². The van der Waals surface area contributed by atoms with E-state index in [1.807, 2.05) is 60.7 Å². The summed E-state index contributed by atoms with van der Waals surface area (Å²) >= 11 is 0. The Labute approximate surface area is 158 Å². The Hall–Kier alpha value is -3.53. The molecule has 0 bridgehead atoms. The van der Waals surface area contributed by atoms with Gasteiger partial charge in [-0.15, -0.1) is 0 Å². The van der Waals surface area contributed by atoms with E-state index < -0.39 is 0 Å². The van der Waals surface area contributed by atoms with Crippen LogP contribution in [0.15, 0.2) is 78.9 Å². The molecule has 0 amide bonds. The molecule has 3 aromatic carbocycles. The molecular weight excluding hydrogens is 336 g/mol. The Bertz CT molecular complexity index is 1060. The first-order valence-corrected chi connectivity index (χ1v) is 8.72. The van der Waals surface area contributed by atoms with Gasteiger partial charge < -0.3 is 14.8 Å². The topological polar surface area (TPSA) is 43.4 Å². The van der Waals surface area contributed by atoms with Crippen LogP contribution in [0.4, 0.5) is 11.5 Å². The van der Waals surface area contributed by atoms with Crippen molar-refractivity contribution in [3.05, 3.63) is 78.9 Å². The van der Waals surface area contributed by atoms with E-state index in [4.69, 9.17) is 14.5 Å². The molecule has 0 saturated carbocycles. The zero-order valence-corrected chi connectivity index (χ0v) is 15.3. The second-order valence-electron chi connectivity index (χ2n) is 6.16. The molecule has 1 heterocycles. The van der Waals surface area contributed by atoms with Crippen molar-refractivity contribution < 1.29 is 9.47 Å². The van der Waals surface area contributed by atoms with E-state index in [2.05, 4.69) is 23.5 Å². The van der Waals surface area contributed by atoms with Crippen LogP contribution in [0.25, 0.3) is 22.0 Å². The number of benzene rings is 3. The van der Waals surface area contributed by atoms with Gasteiger partial charge in [0.15, 0.2) is 0 Å². The fourth-order valence-corrected chi connectivity index (χ4v) is 3.07. The minimum absolute atomic E-state index is 0.796. The Morgan fingerprint density at radius 2 is 1.44 bits per heavy atom. The minimum atomic E-state index is 0.796. The maximum absolute atomic E-state index is 5.41. The van der Waals surface area contributed by atoms with Crippen molar-refractivity contribution in [3.8, 4) is 22.6 Å². The van der Waals surface area contributed by atoms with Gasteiger partial charge in [0.25, 0.3) is 0 Å². The molecule has 4 heteroatoms. The molecule has 0 fully saturated rings. The van der Waals surface area contributed by atoms with Gasteiger partial charge in [-0.05, 0) is 59.7 Å². The highest BCUT2D eigenvalue weighted by Crippen LogP contribution is 2.34. The van der Waals surface area contributed by atoms with Gasteiger partial charge in [-0.2, -0.15) is 0 Å². The van der Waals surface area contributed by atoms with Crippen molar-refractivity contribution in [2.45, 2.75) is 0 Å². The van der Waals surface area contributed by atoms with Gasteiger partial charge in [0.2, 0.25) is 0 Å². The average Bonchev–Trinajstić information content (AvgIpc) is 2.73. The van der Waals surface area contributed by atoms with Crippen LogP contribution in [-0.2, 0) is 0 Å². The molecule has 0 unspecified atom stereocenters. The standard InChI is InChI=1S/C23H20N2O2/c1-26-18-10-8-16(9-11-18)20-15-23(24-17-6-4-3-5-7-17)25-22-13-12-19(27-2)14-21(20)22/h3-15H,1-2H3,(H,24,25). The summed E-state index contributed by atoms with van der Waals surface area (Å²) in [6.07, 6.45) is 0. The number of hydrogen-bond acceptors (Lipinski definition) is 4. The van der Waals surface area contributed by atoms with E-state index in [-0.39, 0.29) is 0 Å². The Kier molecular flexibility index (Phi) is 4.62. The Morgan fingerprint density at radius 3 is 2.15 bits per heavy atom. The van der Waals surface area contributed by atoms with Crippen molar-refractivity contribution >= 4 is 22.4 Å². The van der Waals surface area contributed by atoms with E-state index in [1.54, 1.807) is 14.2 Å². The number of aromatic nitrogens is 1. The summed E-state index contributed by atoms with van der Waals surface area (Å²) in [4.78, 5) is 4.77. The molecule has 27 heavy (non-hydrogen) atoms. The summed E-state index contributed by atoms with van der Waals surface area (Å²) in [5.41, 5.74) is 4.08. The van der Waals surface area contributed by atoms with E-state index in [0.717, 1.165) is 45.0 Å². The molecule has 1 N–H and O–H groups in total. The maximum Gasteiger partial charge on any atom is 0.131 e. The number of rotatable bonds is 5. The van der Waals surface area contributed by atoms with Gasteiger partial charge in [0, 0.05) is 11.1 Å². The molecule has 1 aromatic heterocycles. The normalized spacial score (nSPS) is 10.6. The summed E-state index contributed by atoms with van der Waals surface area (Å²) in [5.74, 6) is 2.44. The number of pyridine rings is 1. The van der Waals surface area contributed by atoms with Gasteiger partial charge in [-0.1, -0.05) is 30.3 Å². The first-order chi connectivity index (χ1) is 13.3. The van der Waals surface area contributed by atoms with Gasteiger partial charge in [0.05, 0.1) is 19.7 Å². The largest absolute Gasteiger partial charge is 0.497 e. The third-order valence-electron chi connectivity index (χ3n) is 4.46. The van der Waals surface area contributed by atoms with Crippen molar-refractivity contribution in [2.24, 2.45) is 0 Å².